The van der Waals surface area contributed by atoms with Gasteiger partial charge < -0.3 is 10.1 Å². The number of para-hydroxylation sites is 1. The number of nitrogens with one attached hydrogen (secondary N) is 1. The Bertz CT molecular complexity index is 1180. The van der Waals surface area contributed by atoms with E-state index >= 15 is 0 Å². The number of rotatable bonds is 14. The number of hydrogen-bond acceptors (Lipinski definition) is 8. The van der Waals surface area contributed by atoms with Crippen molar-refractivity contribution in [2.45, 2.75) is 77.9 Å². The maximum absolute atomic E-state index is 12.5. The maximum Gasteiger partial charge on any atom is 0.246 e. The van der Waals surface area contributed by atoms with Gasteiger partial charge in [0.15, 0.2) is 11.6 Å². The quantitative estimate of drug-likeness (QED) is 0.261. The fourth-order valence-corrected chi connectivity index (χ4v) is 3.57. The molecule has 0 saturated heterocycles. The summed E-state index contributed by atoms with van der Waals surface area (Å²) in [5, 5.41) is 10.6. The molecule has 1 aromatic carbocycles. The second-order valence-corrected chi connectivity index (χ2v) is 9.71. The van der Waals surface area contributed by atoms with Gasteiger partial charge in [-0.15, -0.1) is 5.10 Å². The van der Waals surface area contributed by atoms with Crippen molar-refractivity contribution in [1.82, 2.24) is 25.0 Å². The van der Waals surface area contributed by atoms with Gasteiger partial charge in [0, 0.05) is 25.2 Å². The van der Waals surface area contributed by atoms with E-state index in [1.807, 2.05) is 26.8 Å². The molecule has 0 atom stereocenters. The molecule has 0 bridgehead atoms. The van der Waals surface area contributed by atoms with Gasteiger partial charge in [-0.1, -0.05) is 30.5 Å². The van der Waals surface area contributed by atoms with Crippen LogP contribution in [0, 0.1) is 0 Å². The summed E-state index contributed by atoms with van der Waals surface area (Å²) in [6, 6.07) is 5.37. The average molecular weight is 495 g/mol. The molecule has 1 amide bonds. The van der Waals surface area contributed by atoms with E-state index in [4.69, 9.17) is 4.74 Å². The number of amides is 1. The molecule has 0 spiro atoms. The zero-order valence-electron chi connectivity index (χ0n) is 21.2. The van der Waals surface area contributed by atoms with Gasteiger partial charge >= 0.3 is 0 Å². The third kappa shape index (κ3) is 8.92. The van der Waals surface area contributed by atoms with Crippen molar-refractivity contribution in [1.29, 1.82) is 0 Å². The average Bonchev–Trinajstić information content (AvgIpc) is 3.30. The summed E-state index contributed by atoms with van der Waals surface area (Å²) in [5.74, 6) is -0.274. The lowest BCUT2D eigenvalue weighted by Gasteiger charge is -2.18. The lowest BCUT2D eigenvalue weighted by molar-refractivity contribution is -0.128. The summed E-state index contributed by atoms with van der Waals surface area (Å²) in [6.45, 7) is 5.89. The molecule has 2 heterocycles. The third-order valence-electron chi connectivity index (χ3n) is 5.43. The summed E-state index contributed by atoms with van der Waals surface area (Å²) in [4.78, 5) is 45.2. The lowest BCUT2D eigenvalue weighted by atomic mass is 10.1. The zero-order chi connectivity index (χ0) is 26.0. The van der Waals surface area contributed by atoms with Crippen molar-refractivity contribution in [3.63, 3.8) is 0 Å². The first kappa shape index (κ1) is 27.1. The van der Waals surface area contributed by atoms with Crippen LogP contribution in [-0.4, -0.2) is 54.6 Å². The van der Waals surface area contributed by atoms with Crippen molar-refractivity contribution >= 4 is 34.2 Å². The summed E-state index contributed by atoms with van der Waals surface area (Å²) < 4.78 is 6.84. The third-order valence-corrected chi connectivity index (χ3v) is 5.43. The monoisotopic (exact) mass is 494 g/mol. The Hall–Kier alpha value is -3.53. The van der Waals surface area contributed by atoms with E-state index in [2.05, 4.69) is 25.6 Å². The SMILES string of the molecule is CC(C)(C)OCC(=O)CCCCCCCC(=O)c1cn(CC(=O)Nc2cccc3nccnc23)nn1. The van der Waals surface area contributed by atoms with Crippen LogP contribution in [0.2, 0.25) is 0 Å². The minimum absolute atomic E-state index is 0.0730. The molecule has 3 aromatic rings. The van der Waals surface area contributed by atoms with Crippen molar-refractivity contribution in [3.05, 3.63) is 42.5 Å². The molecular formula is C26H34N6O4. The zero-order valence-corrected chi connectivity index (χ0v) is 21.2. The molecule has 192 valence electrons. The number of Topliss-reactive ketones (excluding diaryl/α,β-unsaturated/α-hetero) is 2. The molecule has 0 fully saturated rings. The van der Waals surface area contributed by atoms with Crippen molar-refractivity contribution < 1.29 is 19.1 Å². The first-order chi connectivity index (χ1) is 17.2. The number of nitrogens with zero attached hydrogens (tertiary/aromatic N) is 5. The molecule has 0 aliphatic rings. The van der Waals surface area contributed by atoms with Crippen molar-refractivity contribution in [2.75, 3.05) is 11.9 Å². The van der Waals surface area contributed by atoms with E-state index in [1.54, 1.807) is 24.5 Å². The number of unbranched alkanes of at least 4 members (excludes halogenated alkanes) is 4. The maximum atomic E-state index is 12.5. The fraction of sp³-hybridized carbons (Fsp3) is 0.500. The molecule has 36 heavy (non-hydrogen) atoms. The van der Waals surface area contributed by atoms with Crippen LogP contribution in [0.5, 0.6) is 0 Å². The summed E-state index contributed by atoms with van der Waals surface area (Å²) in [7, 11) is 0. The van der Waals surface area contributed by atoms with Gasteiger partial charge in [-0.2, -0.15) is 0 Å². The Balaban J connectivity index is 1.33. The number of fused-ring (bicyclic) bond motifs is 1. The van der Waals surface area contributed by atoms with Gasteiger partial charge in [0.2, 0.25) is 5.91 Å². The molecule has 1 N–H and O–H groups in total. The molecule has 0 saturated carbocycles. The Morgan fingerprint density at radius 3 is 2.47 bits per heavy atom. The van der Waals surface area contributed by atoms with Crippen LogP contribution in [0.1, 0.15) is 76.2 Å². The van der Waals surface area contributed by atoms with E-state index in [1.165, 1.54) is 10.9 Å². The standard InChI is InChI=1S/C26H34N6O4/c1-26(2,3)36-18-19(33)10-7-5-4-6-8-13-23(34)22-16-32(31-30-22)17-24(35)29-21-12-9-11-20-25(21)28-15-14-27-20/h9,11-12,14-16H,4-8,10,13,17-18H2,1-3H3,(H,29,35). The number of carbonyl (C=O) groups excluding carboxylic acids is 3. The second kappa shape index (κ2) is 13.0. The van der Waals surface area contributed by atoms with Gasteiger partial charge in [0.25, 0.3) is 0 Å². The van der Waals surface area contributed by atoms with E-state index in [0.717, 1.165) is 32.1 Å². The molecule has 3 rings (SSSR count). The molecular weight excluding hydrogens is 460 g/mol. The minimum atomic E-state index is -0.305. The van der Waals surface area contributed by atoms with Gasteiger partial charge in [-0.05, 0) is 45.7 Å². The number of carbonyl (C=O) groups is 3. The predicted molar refractivity (Wildman–Crippen MR) is 136 cm³/mol. The Morgan fingerprint density at radius 1 is 0.972 bits per heavy atom. The molecule has 10 nitrogen and oxygen atoms in total. The van der Waals surface area contributed by atoms with Crippen LogP contribution < -0.4 is 5.32 Å². The highest BCUT2D eigenvalue weighted by molar-refractivity contribution is 5.99. The highest BCUT2D eigenvalue weighted by Crippen LogP contribution is 2.19. The predicted octanol–water partition coefficient (Wildman–Crippen LogP) is 4.16. The topological polar surface area (TPSA) is 129 Å². The fourth-order valence-electron chi connectivity index (χ4n) is 3.57. The van der Waals surface area contributed by atoms with Crippen LogP contribution in [0.25, 0.3) is 11.0 Å². The summed E-state index contributed by atoms with van der Waals surface area (Å²) in [5.41, 5.74) is 1.80. The van der Waals surface area contributed by atoms with E-state index in [0.29, 0.717) is 29.6 Å². The molecule has 0 aliphatic carbocycles. The minimum Gasteiger partial charge on any atom is -0.368 e. The Kier molecular flexibility index (Phi) is 9.75. The molecule has 0 aliphatic heterocycles. The smallest absolute Gasteiger partial charge is 0.246 e. The molecule has 0 unspecified atom stereocenters. The summed E-state index contributed by atoms with van der Waals surface area (Å²) in [6.07, 6.45) is 9.96. The highest BCUT2D eigenvalue weighted by Gasteiger charge is 2.14. The molecule has 0 radical (unpaired) electrons. The van der Waals surface area contributed by atoms with Gasteiger partial charge in [-0.3, -0.25) is 24.4 Å². The largest absolute Gasteiger partial charge is 0.368 e. The first-order valence-electron chi connectivity index (χ1n) is 12.3. The van der Waals surface area contributed by atoms with Crippen LogP contribution in [0.15, 0.2) is 36.8 Å². The van der Waals surface area contributed by atoms with Crippen LogP contribution in [0.4, 0.5) is 5.69 Å². The number of hydrogen-bond donors (Lipinski definition) is 1. The van der Waals surface area contributed by atoms with Crippen LogP contribution in [-0.2, 0) is 20.9 Å². The van der Waals surface area contributed by atoms with E-state index in [9.17, 15) is 14.4 Å². The van der Waals surface area contributed by atoms with Gasteiger partial charge in [0.1, 0.15) is 24.4 Å². The van der Waals surface area contributed by atoms with E-state index in [-0.39, 0.29) is 41.9 Å². The van der Waals surface area contributed by atoms with Gasteiger partial charge in [-0.25, -0.2) is 4.68 Å². The normalized spacial score (nSPS) is 11.5. The molecule has 10 heteroatoms. The summed E-state index contributed by atoms with van der Waals surface area (Å²) >= 11 is 0. The number of ketones is 2. The van der Waals surface area contributed by atoms with E-state index < -0.39 is 0 Å². The van der Waals surface area contributed by atoms with Crippen molar-refractivity contribution in [3.8, 4) is 0 Å². The highest BCUT2D eigenvalue weighted by atomic mass is 16.5. The first-order valence-corrected chi connectivity index (χ1v) is 12.3. The Labute approximate surface area is 210 Å². The number of anilines is 1. The van der Waals surface area contributed by atoms with Crippen molar-refractivity contribution in [2.24, 2.45) is 0 Å². The lowest BCUT2D eigenvalue weighted by Crippen LogP contribution is -2.23. The number of ether oxygens (including phenoxy) is 1. The van der Waals surface area contributed by atoms with Crippen LogP contribution >= 0.6 is 0 Å². The molecule has 2 aromatic heterocycles. The second-order valence-electron chi connectivity index (χ2n) is 9.71. The Morgan fingerprint density at radius 2 is 1.69 bits per heavy atom. The number of aromatic nitrogens is 5. The van der Waals surface area contributed by atoms with Crippen LogP contribution in [0.3, 0.4) is 0 Å². The van der Waals surface area contributed by atoms with Gasteiger partial charge in [0.05, 0.1) is 23.0 Å². The number of benzene rings is 1.